The molecule has 0 saturated carbocycles. The van der Waals surface area contributed by atoms with E-state index in [4.69, 9.17) is 5.73 Å². The van der Waals surface area contributed by atoms with Crippen molar-refractivity contribution in [2.45, 2.75) is 13.0 Å². The van der Waals surface area contributed by atoms with E-state index in [1.807, 2.05) is 49.2 Å². The minimum absolute atomic E-state index is 0.0876. The van der Waals surface area contributed by atoms with E-state index < -0.39 is 0 Å². The molecule has 0 heterocycles. The van der Waals surface area contributed by atoms with Crippen LogP contribution in [0.15, 0.2) is 48.5 Å². The minimum Gasteiger partial charge on any atom is -0.342 e. The smallest absolute Gasteiger partial charge is 0.146 e. The van der Waals surface area contributed by atoms with Gasteiger partial charge in [-0.2, -0.15) is 0 Å². The lowest BCUT2D eigenvalue weighted by molar-refractivity contribution is 0.627. The molecule has 0 fully saturated rings. The molecule has 18 heavy (non-hydrogen) atoms. The van der Waals surface area contributed by atoms with Crippen LogP contribution in [0.3, 0.4) is 0 Å². The van der Waals surface area contributed by atoms with Crippen LogP contribution >= 0.6 is 0 Å². The van der Waals surface area contributed by atoms with Crippen molar-refractivity contribution in [1.29, 1.82) is 0 Å². The monoisotopic (exact) mass is 244 g/mol. The van der Waals surface area contributed by atoms with Crippen LogP contribution in [-0.4, -0.2) is 7.05 Å². The summed E-state index contributed by atoms with van der Waals surface area (Å²) in [5, 5.41) is 0. The number of nitrogens with two attached hydrogens (primary N) is 1. The van der Waals surface area contributed by atoms with E-state index in [1.165, 1.54) is 6.07 Å². The summed E-state index contributed by atoms with van der Waals surface area (Å²) < 4.78 is 13.8. The van der Waals surface area contributed by atoms with Crippen LogP contribution in [-0.2, 0) is 0 Å². The summed E-state index contributed by atoms with van der Waals surface area (Å²) in [7, 11) is 1.85. The highest BCUT2D eigenvalue weighted by Crippen LogP contribution is 2.31. The number of hydrogen-bond acceptors (Lipinski definition) is 2. The van der Waals surface area contributed by atoms with Crippen molar-refractivity contribution in [3.63, 3.8) is 0 Å². The van der Waals surface area contributed by atoms with Crippen LogP contribution in [0.4, 0.5) is 15.8 Å². The number of benzene rings is 2. The Balaban J connectivity index is 2.46. The molecule has 0 amide bonds. The molecule has 0 spiro atoms. The third-order valence-electron chi connectivity index (χ3n) is 3.00. The van der Waals surface area contributed by atoms with Crippen LogP contribution in [0.2, 0.25) is 0 Å². The fourth-order valence-electron chi connectivity index (χ4n) is 2.03. The molecule has 0 aliphatic rings. The second-order valence-electron chi connectivity index (χ2n) is 4.36. The number of rotatable bonds is 3. The molecular formula is C15H17FN2. The van der Waals surface area contributed by atoms with Crippen LogP contribution in [0, 0.1) is 5.82 Å². The van der Waals surface area contributed by atoms with Gasteiger partial charge >= 0.3 is 0 Å². The van der Waals surface area contributed by atoms with Gasteiger partial charge in [0.25, 0.3) is 0 Å². The van der Waals surface area contributed by atoms with E-state index in [0.717, 1.165) is 11.3 Å². The second-order valence-corrected chi connectivity index (χ2v) is 4.36. The Morgan fingerprint density at radius 1 is 1.00 bits per heavy atom. The topological polar surface area (TPSA) is 29.3 Å². The molecule has 0 saturated heterocycles. The van der Waals surface area contributed by atoms with Gasteiger partial charge in [0.15, 0.2) is 0 Å². The van der Waals surface area contributed by atoms with Crippen molar-refractivity contribution in [2.75, 3.05) is 11.9 Å². The van der Waals surface area contributed by atoms with Crippen molar-refractivity contribution in [1.82, 2.24) is 0 Å². The van der Waals surface area contributed by atoms with Crippen molar-refractivity contribution < 1.29 is 4.39 Å². The molecule has 0 radical (unpaired) electrons. The lowest BCUT2D eigenvalue weighted by Gasteiger charge is -2.24. The van der Waals surface area contributed by atoms with Gasteiger partial charge in [0.1, 0.15) is 5.82 Å². The predicted octanol–water partition coefficient (Wildman–Crippen LogP) is 3.61. The molecular weight excluding hydrogens is 227 g/mol. The molecule has 2 nitrogen and oxygen atoms in total. The summed E-state index contributed by atoms with van der Waals surface area (Å²) >= 11 is 0. The van der Waals surface area contributed by atoms with E-state index in [-0.39, 0.29) is 11.9 Å². The minimum atomic E-state index is -0.237. The van der Waals surface area contributed by atoms with Gasteiger partial charge in [-0.05, 0) is 30.7 Å². The molecule has 1 atom stereocenters. The van der Waals surface area contributed by atoms with Crippen molar-refractivity contribution in [3.05, 3.63) is 59.9 Å². The quantitative estimate of drug-likeness (QED) is 0.893. The number of para-hydroxylation sites is 2. The Kier molecular flexibility index (Phi) is 3.63. The van der Waals surface area contributed by atoms with Gasteiger partial charge in [0.05, 0.1) is 5.69 Å². The first-order valence-corrected chi connectivity index (χ1v) is 5.94. The fraction of sp³-hybridized carbons (Fsp3) is 0.200. The van der Waals surface area contributed by atoms with E-state index >= 15 is 0 Å². The van der Waals surface area contributed by atoms with E-state index in [0.29, 0.717) is 5.69 Å². The summed E-state index contributed by atoms with van der Waals surface area (Å²) in [5.74, 6) is -0.237. The van der Waals surface area contributed by atoms with Crippen molar-refractivity contribution in [3.8, 4) is 0 Å². The zero-order chi connectivity index (χ0) is 13.1. The molecule has 0 aliphatic heterocycles. The number of halogens is 1. The Bertz CT molecular complexity index is 538. The van der Waals surface area contributed by atoms with Crippen LogP contribution in [0.1, 0.15) is 18.5 Å². The highest BCUT2D eigenvalue weighted by atomic mass is 19.1. The van der Waals surface area contributed by atoms with Gasteiger partial charge in [0.2, 0.25) is 0 Å². The second kappa shape index (κ2) is 5.19. The normalized spacial score (nSPS) is 12.2. The summed E-state index contributed by atoms with van der Waals surface area (Å²) in [4.78, 5) is 1.83. The maximum atomic E-state index is 13.8. The average molecular weight is 244 g/mol. The standard InChI is InChI=1S/C15H17FN2/c1-11(17)12-7-3-5-9-14(12)18(2)15-10-6-4-8-13(15)16/h3-11H,17H2,1-2H3/t11-/m1/s1. The highest BCUT2D eigenvalue weighted by Gasteiger charge is 2.13. The first-order chi connectivity index (χ1) is 8.61. The van der Waals surface area contributed by atoms with E-state index in [1.54, 1.807) is 12.1 Å². The summed E-state index contributed by atoms with van der Waals surface area (Å²) in [6.07, 6.45) is 0. The first kappa shape index (κ1) is 12.6. The molecule has 94 valence electrons. The van der Waals surface area contributed by atoms with Gasteiger partial charge in [-0.3, -0.25) is 0 Å². The maximum absolute atomic E-state index is 13.8. The summed E-state index contributed by atoms with van der Waals surface area (Å²) in [6.45, 7) is 1.92. The Morgan fingerprint density at radius 3 is 2.17 bits per heavy atom. The average Bonchev–Trinajstić information content (AvgIpc) is 2.38. The predicted molar refractivity (Wildman–Crippen MR) is 73.5 cm³/mol. The Morgan fingerprint density at radius 2 is 1.56 bits per heavy atom. The van der Waals surface area contributed by atoms with Crippen molar-refractivity contribution >= 4 is 11.4 Å². The molecule has 2 N–H and O–H groups in total. The molecule has 2 aromatic rings. The molecule has 0 aliphatic carbocycles. The summed E-state index contributed by atoms with van der Waals surface area (Å²) in [5.41, 5.74) is 8.43. The zero-order valence-electron chi connectivity index (χ0n) is 10.6. The SMILES string of the molecule is C[C@@H](N)c1ccccc1N(C)c1ccccc1F. The highest BCUT2D eigenvalue weighted by molar-refractivity contribution is 5.66. The van der Waals surface area contributed by atoms with E-state index in [9.17, 15) is 4.39 Å². The Hall–Kier alpha value is -1.87. The molecule has 2 rings (SSSR count). The van der Waals surface area contributed by atoms with Crippen LogP contribution in [0.25, 0.3) is 0 Å². The molecule has 2 aromatic carbocycles. The largest absolute Gasteiger partial charge is 0.342 e. The zero-order valence-corrected chi connectivity index (χ0v) is 10.6. The van der Waals surface area contributed by atoms with Gasteiger partial charge in [-0.1, -0.05) is 30.3 Å². The van der Waals surface area contributed by atoms with Gasteiger partial charge in [-0.15, -0.1) is 0 Å². The van der Waals surface area contributed by atoms with Crippen molar-refractivity contribution in [2.24, 2.45) is 5.73 Å². The summed E-state index contributed by atoms with van der Waals surface area (Å²) in [6, 6.07) is 14.4. The number of hydrogen-bond donors (Lipinski definition) is 1. The Labute approximate surface area is 107 Å². The fourth-order valence-corrected chi connectivity index (χ4v) is 2.03. The molecule has 3 heteroatoms. The van der Waals surface area contributed by atoms with Gasteiger partial charge < -0.3 is 10.6 Å². The molecule has 0 unspecified atom stereocenters. The maximum Gasteiger partial charge on any atom is 0.146 e. The van der Waals surface area contributed by atoms with Crippen LogP contribution < -0.4 is 10.6 Å². The van der Waals surface area contributed by atoms with Gasteiger partial charge in [-0.25, -0.2) is 4.39 Å². The van der Waals surface area contributed by atoms with Crippen LogP contribution in [0.5, 0.6) is 0 Å². The van der Waals surface area contributed by atoms with E-state index in [2.05, 4.69) is 0 Å². The lowest BCUT2D eigenvalue weighted by atomic mass is 10.1. The van der Waals surface area contributed by atoms with Gasteiger partial charge in [0, 0.05) is 18.8 Å². The lowest BCUT2D eigenvalue weighted by Crippen LogP contribution is -2.16. The number of nitrogens with zero attached hydrogens (tertiary/aromatic N) is 1. The third-order valence-corrected chi connectivity index (χ3v) is 3.00. The number of anilines is 2. The third kappa shape index (κ3) is 2.36. The first-order valence-electron chi connectivity index (χ1n) is 5.94. The molecule has 0 aromatic heterocycles. The molecule has 0 bridgehead atoms.